The maximum absolute atomic E-state index is 10.9. The van der Waals surface area contributed by atoms with E-state index >= 15 is 0 Å². The van der Waals surface area contributed by atoms with Crippen LogP contribution in [0.3, 0.4) is 0 Å². The predicted molar refractivity (Wildman–Crippen MR) is 124 cm³/mol. The van der Waals surface area contributed by atoms with Crippen LogP contribution in [0.5, 0.6) is 0 Å². The third kappa shape index (κ3) is 8.17. The van der Waals surface area contributed by atoms with E-state index < -0.39 is 0 Å². The lowest BCUT2D eigenvalue weighted by molar-refractivity contribution is -0.112. The van der Waals surface area contributed by atoms with Crippen molar-refractivity contribution < 1.29 is 9.53 Å². The van der Waals surface area contributed by atoms with Crippen LogP contribution in [0.15, 0.2) is 54.8 Å². The average Bonchev–Trinajstić information content (AvgIpc) is 2.67. The van der Waals surface area contributed by atoms with Gasteiger partial charge in [-0.1, -0.05) is 51.5 Å². The van der Waals surface area contributed by atoms with Gasteiger partial charge in [-0.3, -0.25) is 4.79 Å². The Balaban J connectivity index is 0.00000364. The van der Waals surface area contributed by atoms with Crippen molar-refractivity contribution in [3.63, 3.8) is 0 Å². The fraction of sp³-hybridized carbons (Fsp3) is 0.261. The SMILES string of the molecule is C.C.[B]Cc1cc(NC)ccc1NCOC=Cc1ccc(C=CC(C)=O)cc1. The number of anilines is 2. The highest BCUT2D eigenvalue weighted by Crippen LogP contribution is 2.20. The Kier molecular flexibility index (Phi) is 11.9. The molecule has 0 spiro atoms. The molecule has 2 aromatic carbocycles. The molecule has 0 atom stereocenters. The van der Waals surface area contributed by atoms with Crippen LogP contribution in [0.4, 0.5) is 11.4 Å². The number of benzene rings is 2. The highest BCUT2D eigenvalue weighted by molar-refractivity contribution is 6.09. The molecule has 0 heterocycles. The van der Waals surface area contributed by atoms with Gasteiger partial charge in [0, 0.05) is 18.4 Å². The molecule has 0 aromatic heterocycles. The van der Waals surface area contributed by atoms with E-state index in [1.54, 1.807) is 18.4 Å². The molecule has 0 aliphatic carbocycles. The van der Waals surface area contributed by atoms with E-state index in [-0.39, 0.29) is 20.6 Å². The summed E-state index contributed by atoms with van der Waals surface area (Å²) in [5.41, 5.74) is 5.02. The number of ether oxygens (including phenoxy) is 1. The van der Waals surface area contributed by atoms with Gasteiger partial charge in [-0.05, 0) is 54.0 Å². The number of allylic oxidation sites excluding steroid dienone is 1. The van der Waals surface area contributed by atoms with Crippen molar-refractivity contribution >= 4 is 37.2 Å². The zero-order chi connectivity index (χ0) is 18.8. The molecular formula is C23H31BN2O2. The van der Waals surface area contributed by atoms with E-state index in [1.165, 1.54) is 6.92 Å². The second-order valence-corrected chi connectivity index (χ2v) is 5.73. The molecule has 0 aliphatic rings. The quantitative estimate of drug-likeness (QED) is 0.204. The molecule has 148 valence electrons. The van der Waals surface area contributed by atoms with Gasteiger partial charge in [-0.2, -0.15) is 0 Å². The smallest absolute Gasteiger partial charge is 0.158 e. The van der Waals surface area contributed by atoms with Crippen LogP contribution in [0.2, 0.25) is 0 Å². The summed E-state index contributed by atoms with van der Waals surface area (Å²) in [5, 5.41) is 6.31. The molecule has 0 aliphatic heterocycles. The summed E-state index contributed by atoms with van der Waals surface area (Å²) >= 11 is 0. The van der Waals surface area contributed by atoms with Crippen LogP contribution in [0.1, 0.15) is 38.5 Å². The van der Waals surface area contributed by atoms with Gasteiger partial charge in [0.2, 0.25) is 0 Å². The van der Waals surface area contributed by atoms with Crippen molar-refractivity contribution in [1.29, 1.82) is 0 Å². The van der Waals surface area contributed by atoms with Crippen molar-refractivity contribution in [3.05, 3.63) is 71.5 Å². The Bertz CT molecular complexity index is 784. The maximum Gasteiger partial charge on any atom is 0.158 e. The molecule has 2 rings (SSSR count). The molecule has 2 N–H and O–H groups in total. The number of carbonyl (C=O) groups excluding carboxylic acids is 1. The Morgan fingerprint density at radius 1 is 1.07 bits per heavy atom. The minimum absolute atomic E-state index is 0. The number of ketones is 1. The molecule has 0 saturated carbocycles. The first-order valence-electron chi connectivity index (χ1n) is 8.44. The Morgan fingerprint density at radius 2 is 1.71 bits per heavy atom. The minimum Gasteiger partial charge on any atom is -0.481 e. The highest BCUT2D eigenvalue weighted by atomic mass is 16.5. The van der Waals surface area contributed by atoms with Crippen LogP contribution in [-0.2, 0) is 15.9 Å². The van der Waals surface area contributed by atoms with Crippen LogP contribution < -0.4 is 10.6 Å². The summed E-state index contributed by atoms with van der Waals surface area (Å²) in [5.74, 6) is 0.0354. The largest absolute Gasteiger partial charge is 0.481 e. The highest BCUT2D eigenvalue weighted by Gasteiger charge is 2.00. The molecule has 0 saturated heterocycles. The molecule has 0 amide bonds. The van der Waals surface area contributed by atoms with Gasteiger partial charge in [0.1, 0.15) is 0 Å². The van der Waals surface area contributed by atoms with Crippen LogP contribution in [0, 0.1) is 0 Å². The van der Waals surface area contributed by atoms with Crippen molar-refractivity contribution in [1.82, 2.24) is 0 Å². The summed E-state index contributed by atoms with van der Waals surface area (Å²) in [4.78, 5) is 10.9. The summed E-state index contributed by atoms with van der Waals surface area (Å²) in [6.07, 6.45) is 7.34. The van der Waals surface area contributed by atoms with Crippen LogP contribution >= 0.6 is 0 Å². The lowest BCUT2D eigenvalue weighted by Crippen LogP contribution is -2.06. The molecule has 4 nitrogen and oxygen atoms in total. The molecule has 0 fully saturated rings. The maximum atomic E-state index is 10.9. The van der Waals surface area contributed by atoms with E-state index in [4.69, 9.17) is 12.6 Å². The Hall–Kier alpha value is -2.95. The van der Waals surface area contributed by atoms with Crippen molar-refractivity contribution in [2.75, 3.05) is 24.4 Å². The third-order valence-corrected chi connectivity index (χ3v) is 3.76. The van der Waals surface area contributed by atoms with E-state index in [9.17, 15) is 4.79 Å². The Labute approximate surface area is 171 Å². The second kappa shape index (κ2) is 13.3. The van der Waals surface area contributed by atoms with E-state index in [1.807, 2.05) is 55.6 Å². The summed E-state index contributed by atoms with van der Waals surface area (Å²) in [7, 11) is 7.66. The van der Waals surface area contributed by atoms with Gasteiger partial charge in [0.05, 0.1) is 14.1 Å². The lowest BCUT2D eigenvalue weighted by Gasteiger charge is -2.12. The topological polar surface area (TPSA) is 50.4 Å². The molecule has 5 heteroatoms. The standard InChI is InChI=1S/C21H23BN2O2.2CH4/c1-16(25)3-4-17-5-7-18(8-6-17)11-12-26-15-24-21-10-9-20(23-2)13-19(21)14-22;;/h3-13,23-24H,14-15H2,1-2H3;2*1H4. The van der Waals surface area contributed by atoms with Gasteiger partial charge < -0.3 is 15.4 Å². The van der Waals surface area contributed by atoms with E-state index in [2.05, 4.69) is 10.6 Å². The van der Waals surface area contributed by atoms with Crippen molar-refractivity contribution in [2.45, 2.75) is 28.1 Å². The molecule has 0 bridgehead atoms. The lowest BCUT2D eigenvalue weighted by atomic mass is 9.95. The number of hydrogen-bond acceptors (Lipinski definition) is 4. The predicted octanol–water partition coefficient (Wildman–Crippen LogP) is 5.33. The molecule has 28 heavy (non-hydrogen) atoms. The summed E-state index contributed by atoms with van der Waals surface area (Å²) in [6.45, 7) is 1.88. The van der Waals surface area contributed by atoms with Crippen molar-refractivity contribution in [3.8, 4) is 0 Å². The molecule has 2 radical (unpaired) electrons. The zero-order valence-corrected chi connectivity index (χ0v) is 15.2. The van der Waals surface area contributed by atoms with Gasteiger partial charge in [-0.25, -0.2) is 0 Å². The van der Waals surface area contributed by atoms with Crippen molar-refractivity contribution in [2.24, 2.45) is 0 Å². The number of hydrogen-bond donors (Lipinski definition) is 2. The normalized spacial score (nSPS) is 10.2. The van der Waals surface area contributed by atoms with Gasteiger partial charge in [0.15, 0.2) is 12.5 Å². The second-order valence-electron chi connectivity index (χ2n) is 5.73. The molecule has 2 aromatic rings. The first-order chi connectivity index (χ1) is 12.6. The van der Waals surface area contributed by atoms with Crippen LogP contribution in [-0.4, -0.2) is 27.4 Å². The van der Waals surface area contributed by atoms with Gasteiger partial charge in [0.25, 0.3) is 0 Å². The van der Waals surface area contributed by atoms with Gasteiger partial charge >= 0.3 is 0 Å². The summed E-state index contributed by atoms with van der Waals surface area (Å²) < 4.78 is 5.50. The third-order valence-electron chi connectivity index (χ3n) is 3.76. The first kappa shape index (κ1) is 25.1. The zero-order valence-electron chi connectivity index (χ0n) is 15.2. The van der Waals surface area contributed by atoms with Gasteiger partial charge in [-0.15, -0.1) is 0 Å². The van der Waals surface area contributed by atoms with E-state index in [0.717, 1.165) is 28.1 Å². The average molecular weight is 378 g/mol. The fourth-order valence-electron chi connectivity index (χ4n) is 2.32. The summed E-state index contributed by atoms with van der Waals surface area (Å²) in [6, 6.07) is 13.8. The number of nitrogens with one attached hydrogen (secondary N) is 2. The monoisotopic (exact) mass is 378 g/mol. The molecule has 0 unspecified atom stereocenters. The number of rotatable bonds is 9. The fourth-order valence-corrected chi connectivity index (χ4v) is 2.32. The molecular weight excluding hydrogens is 347 g/mol. The number of carbonyl (C=O) groups is 1. The minimum atomic E-state index is 0. The first-order valence-corrected chi connectivity index (χ1v) is 8.44. The van der Waals surface area contributed by atoms with Crippen LogP contribution in [0.25, 0.3) is 12.2 Å². The van der Waals surface area contributed by atoms with E-state index in [0.29, 0.717) is 13.1 Å². The Morgan fingerprint density at radius 3 is 2.29 bits per heavy atom.